The lowest BCUT2D eigenvalue weighted by molar-refractivity contribution is -0.137. The third-order valence-electron chi connectivity index (χ3n) is 4.45. The van der Waals surface area contributed by atoms with Gasteiger partial charge in [-0.3, -0.25) is 4.98 Å². The number of nitrogens with zero attached hydrogens (tertiary/aromatic N) is 2. The Morgan fingerprint density at radius 2 is 1.44 bits per heavy atom. The van der Waals surface area contributed by atoms with E-state index in [1.165, 1.54) is 12.1 Å². The van der Waals surface area contributed by atoms with E-state index < -0.39 is 17.8 Å². The highest BCUT2D eigenvalue weighted by atomic mass is 19.4. The zero-order valence-corrected chi connectivity index (χ0v) is 16.8. The number of fused-ring (bicyclic) bond motifs is 1. The Balaban J connectivity index is 1.36. The molecule has 0 saturated heterocycles. The summed E-state index contributed by atoms with van der Waals surface area (Å²) in [5, 5.41) is 5.09. The summed E-state index contributed by atoms with van der Waals surface area (Å²) >= 11 is 0. The second kappa shape index (κ2) is 8.54. The Hall–Kier alpha value is -4.14. The normalized spacial score (nSPS) is 11.2. The molecule has 0 aliphatic heterocycles. The van der Waals surface area contributed by atoms with Gasteiger partial charge in [-0.05, 0) is 67.6 Å². The maximum Gasteiger partial charge on any atom is 0.416 e. The lowest BCUT2D eigenvalue weighted by Gasteiger charge is -2.11. The van der Waals surface area contributed by atoms with Crippen molar-refractivity contribution in [1.82, 2.24) is 9.97 Å². The topological polar surface area (TPSA) is 76.1 Å². The molecule has 3 aromatic carbocycles. The van der Waals surface area contributed by atoms with Crippen LogP contribution in [-0.4, -0.2) is 16.0 Å². The minimum atomic E-state index is -4.43. The molecule has 32 heavy (non-hydrogen) atoms. The van der Waals surface area contributed by atoms with Gasteiger partial charge >= 0.3 is 12.2 Å². The average molecular weight is 438 g/mol. The van der Waals surface area contributed by atoms with E-state index in [2.05, 4.69) is 20.6 Å². The number of benzene rings is 3. The number of carbonyl (C=O) groups excluding carboxylic acids is 1. The quantitative estimate of drug-likeness (QED) is 0.387. The number of hydrogen-bond acceptors (Lipinski definition) is 4. The number of aryl methyl sites for hydroxylation is 1. The molecule has 1 heterocycles. The van der Waals surface area contributed by atoms with Crippen molar-refractivity contribution < 1.29 is 22.7 Å². The van der Waals surface area contributed by atoms with E-state index in [1.54, 1.807) is 42.6 Å². The molecule has 0 fully saturated rings. The number of anilines is 2. The summed E-state index contributed by atoms with van der Waals surface area (Å²) in [5.74, 6) is 1.15. The van der Waals surface area contributed by atoms with Gasteiger partial charge in [-0.25, -0.2) is 9.78 Å². The van der Waals surface area contributed by atoms with Crippen molar-refractivity contribution in [3.05, 3.63) is 84.2 Å². The minimum absolute atomic E-state index is 0.241. The first kappa shape index (κ1) is 21.1. The molecule has 0 unspecified atom stereocenters. The first-order chi connectivity index (χ1) is 15.3. The Morgan fingerprint density at radius 3 is 2.06 bits per heavy atom. The van der Waals surface area contributed by atoms with E-state index in [-0.39, 0.29) is 5.69 Å². The Kier molecular flexibility index (Phi) is 5.63. The molecule has 2 amide bonds. The number of carbonyl (C=O) groups is 1. The summed E-state index contributed by atoms with van der Waals surface area (Å²) in [7, 11) is 0. The molecule has 0 bridgehead atoms. The van der Waals surface area contributed by atoms with Gasteiger partial charge < -0.3 is 15.4 Å². The Labute approximate surface area is 181 Å². The minimum Gasteiger partial charge on any atom is -0.457 e. The van der Waals surface area contributed by atoms with Crippen LogP contribution in [0.3, 0.4) is 0 Å². The van der Waals surface area contributed by atoms with Crippen LogP contribution in [0.2, 0.25) is 0 Å². The number of nitrogens with one attached hydrogen (secondary N) is 2. The predicted octanol–water partition coefficient (Wildman–Crippen LogP) is 6.39. The highest BCUT2D eigenvalue weighted by Crippen LogP contribution is 2.30. The first-order valence-corrected chi connectivity index (χ1v) is 9.53. The highest BCUT2D eigenvalue weighted by Gasteiger charge is 2.29. The smallest absolute Gasteiger partial charge is 0.416 e. The Morgan fingerprint density at radius 1 is 0.844 bits per heavy atom. The van der Waals surface area contributed by atoms with Crippen molar-refractivity contribution in [2.45, 2.75) is 13.1 Å². The molecule has 4 aromatic rings. The molecule has 0 radical (unpaired) electrons. The molecule has 4 rings (SSSR count). The molecule has 0 atom stereocenters. The van der Waals surface area contributed by atoms with Gasteiger partial charge in [-0.1, -0.05) is 0 Å². The molecule has 0 spiro atoms. The van der Waals surface area contributed by atoms with Gasteiger partial charge in [0, 0.05) is 23.6 Å². The van der Waals surface area contributed by atoms with Crippen molar-refractivity contribution >= 4 is 28.4 Å². The van der Waals surface area contributed by atoms with Gasteiger partial charge in [0.05, 0.1) is 22.3 Å². The first-order valence-electron chi connectivity index (χ1n) is 9.53. The molecule has 2 N–H and O–H groups in total. The number of amides is 2. The van der Waals surface area contributed by atoms with Crippen LogP contribution in [0.15, 0.2) is 72.9 Å². The zero-order valence-electron chi connectivity index (χ0n) is 16.8. The van der Waals surface area contributed by atoms with Crippen molar-refractivity contribution in [3.8, 4) is 11.5 Å². The fourth-order valence-electron chi connectivity index (χ4n) is 2.93. The third kappa shape index (κ3) is 5.12. The number of hydrogen-bond donors (Lipinski definition) is 2. The number of ether oxygens (including phenoxy) is 1. The van der Waals surface area contributed by atoms with E-state index in [0.29, 0.717) is 17.2 Å². The number of aromatic nitrogens is 2. The summed E-state index contributed by atoms with van der Waals surface area (Å²) < 4.78 is 43.7. The van der Waals surface area contributed by atoms with Crippen LogP contribution in [0.1, 0.15) is 11.3 Å². The second-order valence-electron chi connectivity index (χ2n) is 6.94. The molecular formula is C23H17F3N4O2. The molecule has 0 aliphatic carbocycles. The molecule has 9 heteroatoms. The fraction of sp³-hybridized carbons (Fsp3) is 0.0870. The van der Waals surface area contributed by atoms with Gasteiger partial charge in [0.15, 0.2) is 0 Å². The molecule has 0 saturated carbocycles. The SMILES string of the molecule is Cc1cnc2ccc(Oc3ccc(NC(=O)Nc4ccc(C(F)(F)F)cc4)cc3)cc2n1. The van der Waals surface area contributed by atoms with Crippen LogP contribution in [0, 0.1) is 6.92 Å². The van der Waals surface area contributed by atoms with Crippen molar-refractivity contribution in [1.29, 1.82) is 0 Å². The van der Waals surface area contributed by atoms with Crippen LogP contribution in [0.4, 0.5) is 29.3 Å². The molecule has 162 valence electrons. The van der Waals surface area contributed by atoms with Gasteiger partial charge in [-0.15, -0.1) is 0 Å². The monoisotopic (exact) mass is 438 g/mol. The van der Waals surface area contributed by atoms with Crippen LogP contribution >= 0.6 is 0 Å². The lowest BCUT2D eigenvalue weighted by atomic mass is 10.2. The lowest BCUT2D eigenvalue weighted by Crippen LogP contribution is -2.19. The summed E-state index contributed by atoms with van der Waals surface area (Å²) in [6.07, 6.45) is -2.73. The summed E-state index contributed by atoms with van der Waals surface area (Å²) in [4.78, 5) is 20.8. The van der Waals surface area contributed by atoms with Crippen molar-refractivity contribution in [2.75, 3.05) is 10.6 Å². The number of halogens is 3. The standard InChI is InChI=1S/C23H17F3N4O2/c1-14-13-27-20-11-10-19(12-21(20)28-14)32-18-8-6-17(7-9-18)30-22(31)29-16-4-2-15(3-5-16)23(24,25)26/h2-13H,1H3,(H2,29,30,31). The van der Waals surface area contributed by atoms with Crippen LogP contribution in [-0.2, 0) is 6.18 Å². The van der Waals surface area contributed by atoms with Crippen LogP contribution < -0.4 is 15.4 Å². The molecule has 0 aliphatic rings. The summed E-state index contributed by atoms with van der Waals surface area (Å²) in [5.41, 5.74) is 2.24. The maximum absolute atomic E-state index is 12.6. The average Bonchev–Trinajstić information content (AvgIpc) is 2.74. The van der Waals surface area contributed by atoms with Crippen molar-refractivity contribution in [2.24, 2.45) is 0 Å². The zero-order chi connectivity index (χ0) is 22.7. The van der Waals surface area contributed by atoms with Gasteiger partial charge in [0.25, 0.3) is 0 Å². The molecule has 1 aromatic heterocycles. The Bertz CT molecular complexity index is 1260. The summed E-state index contributed by atoms with van der Waals surface area (Å²) in [6.45, 7) is 1.86. The van der Waals surface area contributed by atoms with E-state index in [4.69, 9.17) is 4.74 Å². The van der Waals surface area contributed by atoms with Gasteiger partial charge in [-0.2, -0.15) is 13.2 Å². The van der Waals surface area contributed by atoms with Gasteiger partial charge in [0.1, 0.15) is 11.5 Å². The van der Waals surface area contributed by atoms with E-state index >= 15 is 0 Å². The summed E-state index contributed by atoms with van der Waals surface area (Å²) in [6, 6.07) is 15.7. The third-order valence-corrected chi connectivity index (χ3v) is 4.45. The van der Waals surface area contributed by atoms with Crippen molar-refractivity contribution in [3.63, 3.8) is 0 Å². The molecular weight excluding hydrogens is 421 g/mol. The highest BCUT2D eigenvalue weighted by molar-refractivity contribution is 5.99. The number of alkyl halides is 3. The molecule has 6 nitrogen and oxygen atoms in total. The van der Waals surface area contributed by atoms with Crippen LogP contribution in [0.5, 0.6) is 11.5 Å². The van der Waals surface area contributed by atoms with E-state index in [9.17, 15) is 18.0 Å². The van der Waals surface area contributed by atoms with E-state index in [0.717, 1.165) is 28.9 Å². The fourth-order valence-corrected chi connectivity index (χ4v) is 2.93. The number of urea groups is 1. The van der Waals surface area contributed by atoms with Crippen LogP contribution in [0.25, 0.3) is 11.0 Å². The largest absolute Gasteiger partial charge is 0.457 e. The maximum atomic E-state index is 12.6. The number of rotatable bonds is 4. The second-order valence-corrected chi connectivity index (χ2v) is 6.94. The van der Waals surface area contributed by atoms with E-state index in [1.807, 2.05) is 13.0 Å². The van der Waals surface area contributed by atoms with Gasteiger partial charge in [0.2, 0.25) is 0 Å². The predicted molar refractivity (Wildman–Crippen MR) is 115 cm³/mol.